The molecule has 16 heavy (non-hydrogen) atoms. The van der Waals surface area contributed by atoms with Gasteiger partial charge in [0.1, 0.15) is 0 Å². The number of nitrogens with two attached hydrogens (primary N) is 1. The van der Waals surface area contributed by atoms with Crippen LogP contribution in [0.25, 0.3) is 0 Å². The summed E-state index contributed by atoms with van der Waals surface area (Å²) in [5.41, 5.74) is 8.36. The van der Waals surface area contributed by atoms with Crippen molar-refractivity contribution in [2.75, 3.05) is 13.1 Å². The van der Waals surface area contributed by atoms with Crippen LogP contribution in [-0.2, 0) is 11.3 Å². The zero-order chi connectivity index (χ0) is 11.4. The second kappa shape index (κ2) is 5.12. The van der Waals surface area contributed by atoms with Crippen LogP contribution in [0.5, 0.6) is 0 Å². The first-order chi connectivity index (χ1) is 7.85. The molecule has 3 heteroatoms. The summed E-state index contributed by atoms with van der Waals surface area (Å²) in [5.74, 6) is 0.566. The van der Waals surface area contributed by atoms with Gasteiger partial charge < -0.3 is 10.6 Å². The van der Waals surface area contributed by atoms with Crippen LogP contribution in [0.3, 0.4) is 0 Å². The number of carbonyl (C=O) groups excluding carboxylic acids is 1. The topological polar surface area (TPSA) is 46.3 Å². The van der Waals surface area contributed by atoms with Crippen molar-refractivity contribution in [1.29, 1.82) is 0 Å². The molecule has 1 saturated heterocycles. The molecule has 0 unspecified atom stereocenters. The van der Waals surface area contributed by atoms with E-state index in [1.54, 1.807) is 0 Å². The molecule has 1 aliphatic rings. The van der Waals surface area contributed by atoms with E-state index in [0.717, 1.165) is 32.3 Å². The monoisotopic (exact) mass is 218 g/mol. The van der Waals surface area contributed by atoms with Crippen LogP contribution >= 0.6 is 0 Å². The quantitative estimate of drug-likeness (QED) is 0.781. The van der Waals surface area contributed by atoms with E-state index in [4.69, 9.17) is 5.73 Å². The minimum atomic E-state index is 0.566. The number of hydrogen-bond acceptors (Lipinski definition) is 2. The Morgan fingerprint density at radius 2 is 2.00 bits per heavy atom. The number of nitrogens with zero attached hydrogens (tertiary/aromatic N) is 1. The molecule has 0 bridgehead atoms. The smallest absolute Gasteiger partial charge is 0.209 e. The molecule has 1 heterocycles. The van der Waals surface area contributed by atoms with E-state index in [-0.39, 0.29) is 0 Å². The van der Waals surface area contributed by atoms with Crippen molar-refractivity contribution in [2.24, 2.45) is 5.73 Å². The molecule has 0 aromatic heterocycles. The van der Waals surface area contributed by atoms with Gasteiger partial charge in [0.05, 0.1) is 0 Å². The molecule has 1 aliphatic heterocycles. The van der Waals surface area contributed by atoms with E-state index in [1.807, 2.05) is 11.0 Å². The highest BCUT2D eigenvalue weighted by Gasteiger charge is 2.20. The minimum Gasteiger partial charge on any atom is -0.345 e. The predicted octanol–water partition coefficient (Wildman–Crippen LogP) is 1.48. The van der Waals surface area contributed by atoms with E-state index in [1.165, 1.54) is 11.1 Å². The molecule has 2 N–H and O–H groups in total. The van der Waals surface area contributed by atoms with Crippen LogP contribution in [0.1, 0.15) is 29.9 Å². The lowest BCUT2D eigenvalue weighted by molar-refractivity contribution is -0.119. The second-order valence-corrected chi connectivity index (χ2v) is 4.32. The van der Waals surface area contributed by atoms with Gasteiger partial charge in [-0.05, 0) is 29.9 Å². The molecule has 0 atom stereocenters. The fraction of sp³-hybridized carbons (Fsp3) is 0.462. The second-order valence-electron chi connectivity index (χ2n) is 4.32. The van der Waals surface area contributed by atoms with Crippen molar-refractivity contribution in [3.05, 3.63) is 35.4 Å². The molecule has 3 nitrogen and oxygen atoms in total. The Bertz CT molecular complexity index is 357. The van der Waals surface area contributed by atoms with Gasteiger partial charge in [0, 0.05) is 19.6 Å². The van der Waals surface area contributed by atoms with Gasteiger partial charge in [-0.3, -0.25) is 4.79 Å². The number of amides is 1. The third kappa shape index (κ3) is 2.25. The van der Waals surface area contributed by atoms with Gasteiger partial charge in [-0.25, -0.2) is 0 Å². The lowest BCUT2D eigenvalue weighted by atomic mass is 9.86. The summed E-state index contributed by atoms with van der Waals surface area (Å²) in [6.07, 6.45) is 3.05. The normalized spacial score (nSPS) is 17.4. The fourth-order valence-electron chi connectivity index (χ4n) is 2.43. The molecule has 0 radical (unpaired) electrons. The first-order valence-electron chi connectivity index (χ1n) is 5.82. The SMILES string of the molecule is NCc1ccccc1C1CCN(C=O)CC1. The zero-order valence-corrected chi connectivity index (χ0v) is 9.43. The first-order valence-corrected chi connectivity index (χ1v) is 5.82. The highest BCUT2D eigenvalue weighted by atomic mass is 16.1. The summed E-state index contributed by atoms with van der Waals surface area (Å²) in [5, 5.41) is 0. The lowest BCUT2D eigenvalue weighted by Gasteiger charge is -2.30. The average molecular weight is 218 g/mol. The maximum absolute atomic E-state index is 10.6. The maximum Gasteiger partial charge on any atom is 0.209 e. The number of rotatable bonds is 3. The molecule has 0 aliphatic carbocycles. The number of piperidine rings is 1. The summed E-state index contributed by atoms with van der Waals surface area (Å²) >= 11 is 0. The number of benzene rings is 1. The van der Waals surface area contributed by atoms with Crippen molar-refractivity contribution >= 4 is 6.41 Å². The zero-order valence-electron chi connectivity index (χ0n) is 9.43. The van der Waals surface area contributed by atoms with Crippen LogP contribution in [0, 0.1) is 0 Å². The van der Waals surface area contributed by atoms with Gasteiger partial charge in [-0.1, -0.05) is 24.3 Å². The van der Waals surface area contributed by atoms with Gasteiger partial charge >= 0.3 is 0 Å². The van der Waals surface area contributed by atoms with Crippen LogP contribution < -0.4 is 5.73 Å². The highest BCUT2D eigenvalue weighted by molar-refractivity contribution is 5.47. The van der Waals surface area contributed by atoms with Crippen LogP contribution in [-0.4, -0.2) is 24.4 Å². The Kier molecular flexibility index (Phi) is 3.57. The Morgan fingerprint density at radius 3 is 2.62 bits per heavy atom. The maximum atomic E-state index is 10.6. The van der Waals surface area contributed by atoms with Crippen molar-refractivity contribution < 1.29 is 4.79 Å². The van der Waals surface area contributed by atoms with Gasteiger partial charge in [-0.15, -0.1) is 0 Å². The fourth-order valence-corrected chi connectivity index (χ4v) is 2.43. The molecular formula is C13H18N2O. The Morgan fingerprint density at radius 1 is 1.31 bits per heavy atom. The summed E-state index contributed by atoms with van der Waals surface area (Å²) in [6.45, 7) is 2.34. The van der Waals surface area contributed by atoms with E-state index >= 15 is 0 Å². The van der Waals surface area contributed by atoms with E-state index in [9.17, 15) is 4.79 Å². The summed E-state index contributed by atoms with van der Waals surface area (Å²) in [6, 6.07) is 8.37. The van der Waals surface area contributed by atoms with Crippen molar-refractivity contribution in [2.45, 2.75) is 25.3 Å². The lowest BCUT2D eigenvalue weighted by Crippen LogP contribution is -2.32. The van der Waals surface area contributed by atoms with E-state index in [0.29, 0.717) is 12.5 Å². The highest BCUT2D eigenvalue weighted by Crippen LogP contribution is 2.29. The van der Waals surface area contributed by atoms with Crippen LogP contribution in [0.15, 0.2) is 24.3 Å². The van der Waals surface area contributed by atoms with Crippen LogP contribution in [0.4, 0.5) is 0 Å². The van der Waals surface area contributed by atoms with E-state index in [2.05, 4.69) is 18.2 Å². The molecular weight excluding hydrogens is 200 g/mol. The van der Waals surface area contributed by atoms with Gasteiger partial charge in [0.2, 0.25) is 6.41 Å². The van der Waals surface area contributed by atoms with Gasteiger partial charge in [0.25, 0.3) is 0 Å². The molecule has 2 rings (SSSR count). The van der Waals surface area contributed by atoms with Crippen molar-refractivity contribution in [3.8, 4) is 0 Å². The van der Waals surface area contributed by atoms with Gasteiger partial charge in [-0.2, -0.15) is 0 Å². The molecule has 1 aromatic rings. The number of likely N-dealkylation sites (tertiary alicyclic amines) is 1. The summed E-state index contributed by atoms with van der Waals surface area (Å²) in [4.78, 5) is 12.5. The van der Waals surface area contributed by atoms with Crippen molar-refractivity contribution in [1.82, 2.24) is 4.90 Å². The Balaban J connectivity index is 2.10. The molecule has 1 amide bonds. The third-order valence-electron chi connectivity index (χ3n) is 3.39. The average Bonchev–Trinajstić information content (AvgIpc) is 2.39. The summed E-state index contributed by atoms with van der Waals surface area (Å²) < 4.78 is 0. The van der Waals surface area contributed by atoms with Crippen molar-refractivity contribution in [3.63, 3.8) is 0 Å². The Labute approximate surface area is 96.2 Å². The largest absolute Gasteiger partial charge is 0.345 e. The molecule has 1 aromatic carbocycles. The molecule has 1 fully saturated rings. The minimum absolute atomic E-state index is 0.566. The molecule has 0 saturated carbocycles. The number of hydrogen-bond donors (Lipinski definition) is 1. The molecule has 86 valence electrons. The standard InChI is InChI=1S/C13H18N2O/c14-9-12-3-1-2-4-13(12)11-5-7-15(10-16)8-6-11/h1-4,10-11H,5-9,14H2. The summed E-state index contributed by atoms with van der Waals surface area (Å²) in [7, 11) is 0. The van der Waals surface area contributed by atoms with E-state index < -0.39 is 0 Å². The first kappa shape index (κ1) is 11.1. The predicted molar refractivity (Wildman–Crippen MR) is 63.9 cm³/mol. The van der Waals surface area contributed by atoms with Gasteiger partial charge in [0.15, 0.2) is 0 Å². The van der Waals surface area contributed by atoms with Crippen LogP contribution in [0.2, 0.25) is 0 Å². The number of carbonyl (C=O) groups is 1. The third-order valence-corrected chi connectivity index (χ3v) is 3.39. The Hall–Kier alpha value is -1.35. The molecule has 0 spiro atoms.